The molecule has 1 unspecified atom stereocenters. The van der Waals surface area contributed by atoms with E-state index in [1.807, 2.05) is 6.07 Å². The first-order valence-corrected chi connectivity index (χ1v) is 8.69. The Balaban J connectivity index is 2.02. The Labute approximate surface area is 120 Å². The first-order chi connectivity index (χ1) is 9.56. The number of hydrogen-bond donors (Lipinski definition) is 0. The van der Waals surface area contributed by atoms with E-state index < -0.39 is 9.84 Å². The van der Waals surface area contributed by atoms with Crippen molar-refractivity contribution in [2.75, 3.05) is 18.8 Å². The molecule has 5 heteroatoms. The molecule has 0 saturated carbocycles. The summed E-state index contributed by atoms with van der Waals surface area (Å²) in [7, 11) is -3.26. The maximum atomic E-state index is 12.3. The molecule has 0 aromatic heterocycles. The lowest BCUT2D eigenvalue weighted by Crippen LogP contribution is -2.33. The maximum absolute atomic E-state index is 12.3. The van der Waals surface area contributed by atoms with E-state index in [0.29, 0.717) is 23.0 Å². The van der Waals surface area contributed by atoms with Crippen LogP contribution in [0.15, 0.2) is 29.2 Å². The highest BCUT2D eigenvalue weighted by atomic mass is 32.2. The van der Waals surface area contributed by atoms with E-state index in [1.54, 1.807) is 12.1 Å². The van der Waals surface area contributed by atoms with Crippen LogP contribution in [0.3, 0.4) is 0 Å². The molecule has 1 aliphatic rings. The Hall–Kier alpha value is -1.38. The van der Waals surface area contributed by atoms with Crippen molar-refractivity contribution in [2.24, 2.45) is 0 Å². The monoisotopic (exact) mass is 292 g/mol. The van der Waals surface area contributed by atoms with Gasteiger partial charge >= 0.3 is 0 Å². The Bertz CT molecular complexity index is 587. The number of benzene rings is 1. The zero-order chi connectivity index (χ0) is 14.6. The van der Waals surface area contributed by atoms with Crippen molar-refractivity contribution in [2.45, 2.75) is 37.1 Å². The largest absolute Gasteiger partial charge is 0.299 e. The summed E-state index contributed by atoms with van der Waals surface area (Å²) in [6.45, 7) is 3.75. The molecule has 0 bridgehead atoms. The van der Waals surface area contributed by atoms with E-state index in [0.717, 1.165) is 19.4 Å². The third-order valence-electron chi connectivity index (χ3n) is 3.96. The normalized spacial score (nSPS) is 19.9. The zero-order valence-electron chi connectivity index (χ0n) is 11.7. The molecule has 1 aliphatic heterocycles. The summed E-state index contributed by atoms with van der Waals surface area (Å²) < 4.78 is 24.5. The summed E-state index contributed by atoms with van der Waals surface area (Å²) in [5, 5.41) is 8.73. The Morgan fingerprint density at radius 2 is 2.05 bits per heavy atom. The van der Waals surface area contributed by atoms with Gasteiger partial charge in [-0.3, -0.25) is 4.90 Å². The van der Waals surface area contributed by atoms with Gasteiger partial charge < -0.3 is 0 Å². The summed E-state index contributed by atoms with van der Waals surface area (Å²) >= 11 is 0. The van der Waals surface area contributed by atoms with Gasteiger partial charge in [0.05, 0.1) is 22.3 Å². The molecule has 0 aliphatic carbocycles. The fraction of sp³-hybridized carbons (Fsp3) is 0.533. The topological polar surface area (TPSA) is 61.2 Å². The summed E-state index contributed by atoms with van der Waals surface area (Å²) in [4.78, 5) is 2.59. The number of rotatable bonds is 5. The Kier molecular flexibility index (Phi) is 4.79. The standard InChI is InChI=1S/C15H20N2O2S/c1-2-14-4-3-9-17(14)10-11-20(18,19)15-7-5-13(12-16)6-8-15/h5-8,14H,2-4,9-11H2,1H3. The molecule has 0 radical (unpaired) electrons. The van der Waals surface area contributed by atoms with Crippen molar-refractivity contribution in [3.8, 4) is 6.07 Å². The van der Waals surface area contributed by atoms with Gasteiger partial charge in [-0.1, -0.05) is 6.92 Å². The van der Waals surface area contributed by atoms with E-state index in [4.69, 9.17) is 5.26 Å². The van der Waals surface area contributed by atoms with Crippen LogP contribution in [0.1, 0.15) is 31.7 Å². The van der Waals surface area contributed by atoms with E-state index >= 15 is 0 Å². The molecular weight excluding hydrogens is 272 g/mol. The second-order valence-corrected chi connectivity index (χ2v) is 7.30. The van der Waals surface area contributed by atoms with Gasteiger partial charge in [0.25, 0.3) is 0 Å². The number of likely N-dealkylation sites (tertiary alicyclic amines) is 1. The fourth-order valence-electron chi connectivity index (χ4n) is 2.74. The van der Waals surface area contributed by atoms with Gasteiger partial charge in [0.1, 0.15) is 0 Å². The zero-order valence-corrected chi connectivity index (χ0v) is 12.6. The number of nitriles is 1. The van der Waals surface area contributed by atoms with Crippen LogP contribution >= 0.6 is 0 Å². The van der Waals surface area contributed by atoms with E-state index in [9.17, 15) is 8.42 Å². The first-order valence-electron chi connectivity index (χ1n) is 7.04. The number of hydrogen-bond acceptors (Lipinski definition) is 4. The van der Waals surface area contributed by atoms with Crippen LogP contribution in [0, 0.1) is 11.3 Å². The molecule has 1 aromatic rings. The molecule has 1 saturated heterocycles. The summed E-state index contributed by atoms with van der Waals surface area (Å²) in [5.74, 6) is 0.148. The van der Waals surface area contributed by atoms with Crippen LogP contribution in [0.5, 0.6) is 0 Å². The van der Waals surface area contributed by atoms with Crippen molar-refractivity contribution in [3.63, 3.8) is 0 Å². The Morgan fingerprint density at radius 1 is 1.35 bits per heavy atom. The quantitative estimate of drug-likeness (QED) is 0.834. The van der Waals surface area contributed by atoms with Crippen molar-refractivity contribution >= 4 is 9.84 Å². The maximum Gasteiger partial charge on any atom is 0.179 e. The molecule has 0 amide bonds. The van der Waals surface area contributed by atoms with Crippen LogP contribution in [-0.4, -0.2) is 38.2 Å². The average Bonchev–Trinajstić information content (AvgIpc) is 2.93. The van der Waals surface area contributed by atoms with Gasteiger partial charge in [-0.2, -0.15) is 5.26 Å². The SMILES string of the molecule is CCC1CCCN1CCS(=O)(=O)c1ccc(C#N)cc1. The minimum absolute atomic E-state index is 0.148. The fourth-order valence-corrected chi connectivity index (χ4v) is 4.01. The Morgan fingerprint density at radius 3 is 2.65 bits per heavy atom. The molecule has 2 rings (SSSR count). The number of sulfone groups is 1. The molecule has 1 aromatic carbocycles. The lowest BCUT2D eigenvalue weighted by atomic mass is 10.2. The lowest BCUT2D eigenvalue weighted by molar-refractivity contribution is 0.262. The third kappa shape index (κ3) is 3.38. The summed E-state index contributed by atoms with van der Waals surface area (Å²) in [6.07, 6.45) is 3.42. The van der Waals surface area contributed by atoms with Crippen LogP contribution in [-0.2, 0) is 9.84 Å². The molecule has 1 heterocycles. The highest BCUT2D eigenvalue weighted by Gasteiger charge is 2.24. The minimum atomic E-state index is -3.26. The molecule has 0 spiro atoms. The van der Waals surface area contributed by atoms with Crippen molar-refractivity contribution < 1.29 is 8.42 Å². The van der Waals surface area contributed by atoms with Crippen molar-refractivity contribution in [3.05, 3.63) is 29.8 Å². The molecule has 0 N–H and O–H groups in total. The van der Waals surface area contributed by atoms with Crippen LogP contribution < -0.4 is 0 Å². The van der Waals surface area contributed by atoms with E-state index in [1.165, 1.54) is 18.6 Å². The lowest BCUT2D eigenvalue weighted by Gasteiger charge is -2.22. The highest BCUT2D eigenvalue weighted by Crippen LogP contribution is 2.20. The van der Waals surface area contributed by atoms with Crippen LogP contribution in [0.4, 0.5) is 0 Å². The molecular formula is C15H20N2O2S. The van der Waals surface area contributed by atoms with Crippen molar-refractivity contribution in [1.29, 1.82) is 5.26 Å². The molecule has 1 atom stereocenters. The predicted octanol–water partition coefficient (Wildman–Crippen LogP) is 2.21. The third-order valence-corrected chi connectivity index (χ3v) is 5.67. The highest BCUT2D eigenvalue weighted by molar-refractivity contribution is 7.91. The molecule has 20 heavy (non-hydrogen) atoms. The summed E-state index contributed by atoms with van der Waals surface area (Å²) in [6, 6.07) is 8.68. The minimum Gasteiger partial charge on any atom is -0.299 e. The summed E-state index contributed by atoms with van der Waals surface area (Å²) in [5.41, 5.74) is 0.481. The van der Waals surface area contributed by atoms with Gasteiger partial charge in [0, 0.05) is 12.6 Å². The average molecular weight is 292 g/mol. The molecule has 4 nitrogen and oxygen atoms in total. The van der Waals surface area contributed by atoms with Gasteiger partial charge in [-0.15, -0.1) is 0 Å². The first kappa shape index (κ1) is 15.0. The second kappa shape index (κ2) is 6.38. The van der Waals surface area contributed by atoms with Gasteiger partial charge in [0.2, 0.25) is 0 Å². The molecule has 108 valence electrons. The van der Waals surface area contributed by atoms with Gasteiger partial charge in [-0.05, 0) is 50.1 Å². The second-order valence-electron chi connectivity index (χ2n) is 5.20. The smallest absolute Gasteiger partial charge is 0.179 e. The van der Waals surface area contributed by atoms with E-state index in [2.05, 4.69) is 11.8 Å². The number of nitrogens with zero attached hydrogens (tertiary/aromatic N) is 2. The molecule has 1 fully saturated rings. The van der Waals surface area contributed by atoms with Gasteiger partial charge in [0.15, 0.2) is 9.84 Å². The van der Waals surface area contributed by atoms with Gasteiger partial charge in [-0.25, -0.2) is 8.42 Å². The van der Waals surface area contributed by atoms with Crippen LogP contribution in [0.25, 0.3) is 0 Å². The van der Waals surface area contributed by atoms with E-state index in [-0.39, 0.29) is 5.75 Å². The predicted molar refractivity (Wildman–Crippen MR) is 78.1 cm³/mol. The van der Waals surface area contributed by atoms with Crippen LogP contribution in [0.2, 0.25) is 0 Å². The van der Waals surface area contributed by atoms with Crippen molar-refractivity contribution in [1.82, 2.24) is 4.90 Å².